The molecule has 152 valence electrons. The zero-order valence-electron chi connectivity index (χ0n) is 17.6. The maximum Gasteiger partial charge on any atom is 0.123 e. The average Bonchev–Trinajstić information content (AvgIpc) is 2.93. The summed E-state index contributed by atoms with van der Waals surface area (Å²) in [6.45, 7) is 20.8. The van der Waals surface area contributed by atoms with Gasteiger partial charge in [0.2, 0.25) is 0 Å². The number of hydrogen-bond acceptors (Lipinski definition) is 3. The minimum atomic E-state index is -0.140. The largest absolute Gasteiger partial charge is 0.375 e. The predicted molar refractivity (Wildman–Crippen MR) is 115 cm³/mol. The second-order valence-electron chi connectivity index (χ2n) is 9.28. The molecule has 0 saturated carbocycles. The van der Waals surface area contributed by atoms with Crippen LogP contribution in [0.4, 0.5) is 4.39 Å². The summed E-state index contributed by atoms with van der Waals surface area (Å²) >= 11 is 0. The number of nitrogens with one attached hydrogen (secondary N) is 2. The number of nitrogens with zero attached hydrogens (tertiary/aromatic N) is 1. The van der Waals surface area contributed by atoms with Crippen LogP contribution in [0.25, 0.3) is 0 Å². The highest BCUT2D eigenvalue weighted by Crippen LogP contribution is 2.31. The molecule has 4 heteroatoms. The second kappa shape index (κ2) is 8.02. The van der Waals surface area contributed by atoms with Gasteiger partial charge in [-0.15, -0.1) is 0 Å². The van der Waals surface area contributed by atoms with Gasteiger partial charge in [0.15, 0.2) is 0 Å². The minimum absolute atomic E-state index is 0.0405. The number of piperidine rings is 1. The topological polar surface area (TPSA) is 27.3 Å². The first kappa shape index (κ1) is 20.5. The maximum atomic E-state index is 13.8. The van der Waals surface area contributed by atoms with Crippen molar-refractivity contribution in [2.45, 2.75) is 57.9 Å². The van der Waals surface area contributed by atoms with Gasteiger partial charge >= 0.3 is 0 Å². The van der Waals surface area contributed by atoms with Gasteiger partial charge in [-0.05, 0) is 53.9 Å². The van der Waals surface area contributed by atoms with E-state index in [0.717, 1.165) is 61.6 Å². The van der Waals surface area contributed by atoms with Crippen molar-refractivity contribution in [1.29, 1.82) is 0 Å². The normalized spacial score (nSPS) is 20.9. The minimum Gasteiger partial charge on any atom is -0.375 e. The molecule has 1 aromatic carbocycles. The summed E-state index contributed by atoms with van der Waals surface area (Å²) in [4.78, 5) is 2.40. The van der Waals surface area contributed by atoms with E-state index in [-0.39, 0.29) is 17.3 Å². The van der Waals surface area contributed by atoms with Crippen LogP contribution in [0.5, 0.6) is 0 Å². The summed E-state index contributed by atoms with van der Waals surface area (Å²) in [5.41, 5.74) is 4.51. The number of likely N-dealkylation sites (tertiary alicyclic amines) is 1. The molecule has 2 N–H and O–H groups in total. The third kappa shape index (κ3) is 4.78. The van der Waals surface area contributed by atoms with Gasteiger partial charge < -0.3 is 15.5 Å². The van der Waals surface area contributed by atoms with Gasteiger partial charge in [0.05, 0.1) is 11.9 Å². The number of rotatable bonds is 5. The molecular weight excluding hydrogens is 349 g/mol. The number of halogens is 1. The second-order valence-corrected chi connectivity index (χ2v) is 9.28. The van der Waals surface area contributed by atoms with E-state index in [9.17, 15) is 4.39 Å². The van der Waals surface area contributed by atoms with Crippen LogP contribution in [0.1, 0.15) is 51.2 Å². The van der Waals surface area contributed by atoms with Crippen molar-refractivity contribution < 1.29 is 4.39 Å². The SMILES string of the molecule is C=C1NC(=C)C(CC(=C)N2CCC(Cc3ccc(F)cc3C(C)(C)C)CC2)N1. The van der Waals surface area contributed by atoms with Crippen LogP contribution in [0.2, 0.25) is 0 Å². The first-order valence-electron chi connectivity index (χ1n) is 10.3. The Morgan fingerprint density at radius 1 is 1.21 bits per heavy atom. The fraction of sp³-hybridized carbons (Fsp3) is 0.500. The molecule has 1 aromatic rings. The molecule has 2 aliphatic heterocycles. The molecule has 3 nitrogen and oxygen atoms in total. The lowest BCUT2D eigenvalue weighted by Crippen LogP contribution is -2.36. The molecule has 0 bridgehead atoms. The lowest BCUT2D eigenvalue weighted by atomic mass is 9.80. The Labute approximate surface area is 169 Å². The lowest BCUT2D eigenvalue weighted by molar-refractivity contribution is 0.219. The molecule has 2 heterocycles. The van der Waals surface area contributed by atoms with Crippen molar-refractivity contribution in [2.24, 2.45) is 5.92 Å². The summed E-state index contributed by atoms with van der Waals surface area (Å²) in [6, 6.07) is 5.48. The quantitative estimate of drug-likeness (QED) is 0.763. The highest BCUT2D eigenvalue weighted by atomic mass is 19.1. The smallest absolute Gasteiger partial charge is 0.123 e. The zero-order chi connectivity index (χ0) is 20.5. The van der Waals surface area contributed by atoms with Crippen LogP contribution >= 0.6 is 0 Å². The summed E-state index contributed by atoms with van der Waals surface area (Å²) in [5, 5.41) is 6.46. The molecule has 0 radical (unpaired) electrons. The summed E-state index contributed by atoms with van der Waals surface area (Å²) in [5.74, 6) is 1.31. The summed E-state index contributed by atoms with van der Waals surface area (Å²) < 4.78 is 13.8. The Balaban J connectivity index is 1.55. The Hall–Kier alpha value is -2.23. The van der Waals surface area contributed by atoms with Gasteiger partial charge in [-0.3, -0.25) is 0 Å². The van der Waals surface area contributed by atoms with Gasteiger partial charge in [-0.2, -0.15) is 0 Å². The van der Waals surface area contributed by atoms with E-state index in [4.69, 9.17) is 0 Å². The van der Waals surface area contributed by atoms with Gasteiger partial charge in [-0.1, -0.05) is 46.6 Å². The van der Waals surface area contributed by atoms with E-state index >= 15 is 0 Å². The number of benzene rings is 1. The van der Waals surface area contributed by atoms with Crippen molar-refractivity contribution in [1.82, 2.24) is 15.5 Å². The van der Waals surface area contributed by atoms with E-state index in [0.29, 0.717) is 5.92 Å². The molecule has 2 aliphatic rings. The van der Waals surface area contributed by atoms with Crippen LogP contribution in [0.15, 0.2) is 55.2 Å². The van der Waals surface area contributed by atoms with Crippen LogP contribution in [0.3, 0.4) is 0 Å². The molecule has 2 saturated heterocycles. The van der Waals surface area contributed by atoms with Crippen LogP contribution < -0.4 is 10.6 Å². The van der Waals surface area contributed by atoms with E-state index in [1.54, 1.807) is 12.1 Å². The maximum absolute atomic E-state index is 13.8. The molecule has 1 atom stereocenters. The van der Waals surface area contributed by atoms with E-state index in [2.05, 4.69) is 56.0 Å². The van der Waals surface area contributed by atoms with Gasteiger partial charge in [-0.25, -0.2) is 4.39 Å². The molecule has 0 spiro atoms. The molecule has 0 amide bonds. The first-order valence-corrected chi connectivity index (χ1v) is 10.3. The van der Waals surface area contributed by atoms with Crippen LogP contribution in [0, 0.1) is 11.7 Å². The van der Waals surface area contributed by atoms with Crippen molar-refractivity contribution in [2.75, 3.05) is 13.1 Å². The highest BCUT2D eigenvalue weighted by molar-refractivity contribution is 5.34. The van der Waals surface area contributed by atoms with E-state index in [1.807, 2.05) is 6.07 Å². The van der Waals surface area contributed by atoms with Crippen molar-refractivity contribution in [3.63, 3.8) is 0 Å². The first-order chi connectivity index (χ1) is 13.1. The van der Waals surface area contributed by atoms with E-state index in [1.165, 1.54) is 5.56 Å². The third-order valence-electron chi connectivity index (χ3n) is 5.97. The molecule has 1 unspecified atom stereocenters. The van der Waals surface area contributed by atoms with Gasteiger partial charge in [0, 0.05) is 30.9 Å². The zero-order valence-corrected chi connectivity index (χ0v) is 17.6. The monoisotopic (exact) mass is 383 g/mol. The Morgan fingerprint density at radius 2 is 1.89 bits per heavy atom. The average molecular weight is 384 g/mol. The van der Waals surface area contributed by atoms with Crippen LogP contribution in [-0.4, -0.2) is 24.0 Å². The Kier molecular flexibility index (Phi) is 5.87. The lowest BCUT2D eigenvalue weighted by Gasteiger charge is -2.36. The fourth-order valence-corrected chi connectivity index (χ4v) is 4.34. The Bertz CT molecular complexity index is 767. The highest BCUT2D eigenvalue weighted by Gasteiger charge is 2.27. The third-order valence-corrected chi connectivity index (χ3v) is 5.97. The van der Waals surface area contributed by atoms with Gasteiger partial charge in [0.1, 0.15) is 5.82 Å². The van der Waals surface area contributed by atoms with E-state index < -0.39 is 0 Å². The molecular formula is C24H34FN3. The summed E-state index contributed by atoms with van der Waals surface area (Å²) in [7, 11) is 0. The van der Waals surface area contributed by atoms with Gasteiger partial charge in [0.25, 0.3) is 0 Å². The standard InChI is InChI=1S/C24H34FN3/c1-16(13-23-17(2)26-18(3)27-23)28-11-9-19(10-12-28)14-20-7-8-21(25)15-22(20)24(4,5)6/h7-8,15,19,23,26-27H,1-3,9-14H2,4-6H3. The molecule has 28 heavy (non-hydrogen) atoms. The molecule has 3 rings (SSSR count). The Morgan fingerprint density at radius 3 is 2.46 bits per heavy atom. The van der Waals surface area contributed by atoms with Crippen molar-refractivity contribution in [3.05, 3.63) is 72.1 Å². The predicted octanol–water partition coefficient (Wildman–Crippen LogP) is 4.83. The van der Waals surface area contributed by atoms with Crippen molar-refractivity contribution >= 4 is 0 Å². The summed E-state index contributed by atoms with van der Waals surface area (Å²) in [6.07, 6.45) is 4.16. The molecule has 0 aromatic heterocycles. The number of hydrogen-bond donors (Lipinski definition) is 2. The fourth-order valence-electron chi connectivity index (χ4n) is 4.34. The molecule has 0 aliphatic carbocycles. The molecule has 2 fully saturated rings. The van der Waals surface area contributed by atoms with Crippen molar-refractivity contribution in [3.8, 4) is 0 Å². The van der Waals surface area contributed by atoms with Crippen LogP contribution in [-0.2, 0) is 11.8 Å².